The van der Waals surface area contributed by atoms with Crippen molar-refractivity contribution in [3.8, 4) is 0 Å². The normalized spacial score (nSPS) is 30.9. The minimum absolute atomic E-state index is 0.740. The molecule has 1 rings (SSSR count). The average molecular weight is 232 g/mol. The molecule has 0 radical (unpaired) electrons. The zero-order valence-corrected chi connectivity index (χ0v) is 9.60. The predicted octanol–water partition coefficient (Wildman–Crippen LogP) is 3.16. The maximum Gasteiger partial charge on any atom is 0.0299 e. The molecule has 0 aliphatic carbocycles. The summed E-state index contributed by atoms with van der Waals surface area (Å²) < 4.78 is 1.11. The summed E-state index contributed by atoms with van der Waals surface area (Å²) in [6, 6.07) is 1.53. The van der Waals surface area contributed by atoms with Crippen molar-refractivity contribution in [3.63, 3.8) is 0 Å². The van der Waals surface area contributed by atoms with Crippen LogP contribution < -0.4 is 0 Å². The summed E-state index contributed by atoms with van der Waals surface area (Å²) in [4.78, 5) is 2.55. The molecule has 12 heavy (non-hydrogen) atoms. The highest BCUT2D eigenvalue weighted by Gasteiger charge is 2.28. The van der Waals surface area contributed by atoms with Crippen molar-refractivity contribution in [1.29, 1.82) is 0 Å². The van der Waals surface area contributed by atoms with Gasteiger partial charge in [-0.25, -0.2) is 0 Å². The SMILES string of the molecule is C=C(Br)CN1C(C)CCC1CC. The Labute approximate surface area is 84.0 Å². The van der Waals surface area contributed by atoms with E-state index in [9.17, 15) is 0 Å². The van der Waals surface area contributed by atoms with E-state index in [0.717, 1.165) is 23.1 Å². The second-order valence-corrected chi connectivity index (χ2v) is 4.80. The van der Waals surface area contributed by atoms with E-state index >= 15 is 0 Å². The third-order valence-corrected chi connectivity index (χ3v) is 3.03. The zero-order valence-electron chi connectivity index (χ0n) is 8.02. The number of halogens is 1. The van der Waals surface area contributed by atoms with E-state index in [0.29, 0.717) is 0 Å². The molecule has 0 aromatic rings. The molecule has 0 amide bonds. The van der Waals surface area contributed by atoms with Crippen LogP contribution in [0, 0.1) is 0 Å². The third kappa shape index (κ3) is 2.33. The summed E-state index contributed by atoms with van der Waals surface area (Å²) in [6.45, 7) is 9.49. The highest BCUT2D eigenvalue weighted by molar-refractivity contribution is 9.11. The first-order chi connectivity index (χ1) is 5.65. The monoisotopic (exact) mass is 231 g/mol. The van der Waals surface area contributed by atoms with E-state index < -0.39 is 0 Å². The van der Waals surface area contributed by atoms with E-state index in [1.807, 2.05) is 0 Å². The van der Waals surface area contributed by atoms with Crippen molar-refractivity contribution < 1.29 is 0 Å². The van der Waals surface area contributed by atoms with Gasteiger partial charge in [0.1, 0.15) is 0 Å². The van der Waals surface area contributed by atoms with Gasteiger partial charge in [-0.2, -0.15) is 0 Å². The van der Waals surface area contributed by atoms with E-state index in [1.165, 1.54) is 19.3 Å². The van der Waals surface area contributed by atoms with Crippen LogP contribution in [0.2, 0.25) is 0 Å². The number of rotatable bonds is 3. The van der Waals surface area contributed by atoms with Gasteiger partial charge in [0.2, 0.25) is 0 Å². The molecular formula is C10H18BrN. The first kappa shape index (κ1) is 10.3. The van der Waals surface area contributed by atoms with E-state index in [1.54, 1.807) is 0 Å². The lowest BCUT2D eigenvalue weighted by atomic mass is 10.1. The fraction of sp³-hybridized carbons (Fsp3) is 0.800. The molecule has 1 nitrogen and oxygen atoms in total. The van der Waals surface area contributed by atoms with Crippen LogP contribution in [0.5, 0.6) is 0 Å². The number of nitrogens with zero attached hydrogens (tertiary/aromatic N) is 1. The largest absolute Gasteiger partial charge is 0.293 e. The van der Waals surface area contributed by atoms with Crippen LogP contribution in [-0.2, 0) is 0 Å². The van der Waals surface area contributed by atoms with Gasteiger partial charge in [-0.05, 0) is 26.2 Å². The van der Waals surface area contributed by atoms with Gasteiger partial charge in [-0.3, -0.25) is 4.90 Å². The third-order valence-electron chi connectivity index (χ3n) is 2.78. The lowest BCUT2D eigenvalue weighted by Crippen LogP contribution is -2.34. The minimum atomic E-state index is 0.740. The van der Waals surface area contributed by atoms with Crippen molar-refractivity contribution in [2.45, 2.75) is 45.2 Å². The highest BCUT2D eigenvalue weighted by Crippen LogP contribution is 2.27. The van der Waals surface area contributed by atoms with Crippen LogP contribution in [-0.4, -0.2) is 23.5 Å². The summed E-state index contributed by atoms with van der Waals surface area (Å²) in [7, 11) is 0. The van der Waals surface area contributed by atoms with Gasteiger partial charge in [-0.15, -0.1) is 0 Å². The highest BCUT2D eigenvalue weighted by atomic mass is 79.9. The van der Waals surface area contributed by atoms with E-state index in [4.69, 9.17) is 0 Å². The molecule has 1 heterocycles. The predicted molar refractivity (Wildman–Crippen MR) is 57.5 cm³/mol. The molecule has 1 saturated heterocycles. The van der Waals surface area contributed by atoms with Crippen LogP contribution in [0.15, 0.2) is 11.1 Å². The molecule has 0 aromatic carbocycles. The van der Waals surface area contributed by atoms with Crippen molar-refractivity contribution >= 4 is 15.9 Å². The summed E-state index contributed by atoms with van der Waals surface area (Å²) in [5, 5.41) is 0. The van der Waals surface area contributed by atoms with E-state index in [-0.39, 0.29) is 0 Å². The fourth-order valence-electron chi connectivity index (χ4n) is 2.05. The second kappa shape index (κ2) is 4.43. The maximum atomic E-state index is 3.90. The first-order valence-electron chi connectivity index (χ1n) is 4.74. The Hall–Kier alpha value is 0.180. The minimum Gasteiger partial charge on any atom is -0.293 e. The molecule has 2 atom stereocenters. The van der Waals surface area contributed by atoms with Gasteiger partial charge in [-0.1, -0.05) is 29.4 Å². The lowest BCUT2D eigenvalue weighted by Gasteiger charge is -2.27. The molecule has 1 aliphatic rings. The quantitative estimate of drug-likeness (QED) is 0.722. The summed E-state index contributed by atoms with van der Waals surface area (Å²) in [5.41, 5.74) is 0. The number of hydrogen-bond acceptors (Lipinski definition) is 1. The zero-order chi connectivity index (χ0) is 9.14. The van der Waals surface area contributed by atoms with Crippen molar-refractivity contribution in [2.24, 2.45) is 0 Å². The summed E-state index contributed by atoms with van der Waals surface area (Å²) in [6.07, 6.45) is 3.97. The first-order valence-corrected chi connectivity index (χ1v) is 5.53. The molecule has 0 spiro atoms. The molecule has 2 heteroatoms. The summed E-state index contributed by atoms with van der Waals surface area (Å²) in [5.74, 6) is 0. The Morgan fingerprint density at radius 3 is 2.75 bits per heavy atom. The van der Waals surface area contributed by atoms with Crippen LogP contribution in [0.4, 0.5) is 0 Å². The van der Waals surface area contributed by atoms with Gasteiger partial charge in [0.05, 0.1) is 0 Å². The molecule has 70 valence electrons. The Morgan fingerprint density at radius 1 is 1.58 bits per heavy atom. The smallest absolute Gasteiger partial charge is 0.0299 e. The molecule has 0 saturated carbocycles. The summed E-state index contributed by atoms with van der Waals surface area (Å²) >= 11 is 3.43. The average Bonchev–Trinajstić information content (AvgIpc) is 2.32. The molecule has 0 aromatic heterocycles. The molecule has 1 aliphatic heterocycles. The number of likely N-dealkylation sites (tertiary alicyclic amines) is 1. The lowest BCUT2D eigenvalue weighted by molar-refractivity contribution is 0.220. The van der Waals surface area contributed by atoms with Gasteiger partial charge in [0.15, 0.2) is 0 Å². The second-order valence-electron chi connectivity index (χ2n) is 3.68. The molecule has 0 bridgehead atoms. The van der Waals surface area contributed by atoms with Crippen molar-refractivity contribution in [2.75, 3.05) is 6.54 Å². The topological polar surface area (TPSA) is 3.24 Å². The Morgan fingerprint density at radius 2 is 2.25 bits per heavy atom. The van der Waals surface area contributed by atoms with E-state index in [2.05, 4.69) is 41.3 Å². The van der Waals surface area contributed by atoms with Gasteiger partial charge in [0.25, 0.3) is 0 Å². The molecular weight excluding hydrogens is 214 g/mol. The van der Waals surface area contributed by atoms with Gasteiger partial charge in [0, 0.05) is 23.1 Å². The van der Waals surface area contributed by atoms with Crippen LogP contribution in [0.3, 0.4) is 0 Å². The Balaban J connectivity index is 2.51. The number of hydrogen-bond donors (Lipinski definition) is 0. The molecule has 1 fully saturated rings. The Kier molecular flexibility index (Phi) is 3.78. The van der Waals surface area contributed by atoms with Crippen LogP contribution in [0.1, 0.15) is 33.1 Å². The standard InChI is InChI=1S/C10H18BrN/c1-4-10-6-5-9(3)12(10)7-8(2)11/h9-10H,2,4-7H2,1,3H3. The Bertz CT molecular complexity index is 167. The maximum absolute atomic E-state index is 3.90. The van der Waals surface area contributed by atoms with Crippen LogP contribution >= 0.6 is 15.9 Å². The molecule has 0 N–H and O–H groups in total. The van der Waals surface area contributed by atoms with Gasteiger partial charge >= 0.3 is 0 Å². The van der Waals surface area contributed by atoms with Gasteiger partial charge < -0.3 is 0 Å². The van der Waals surface area contributed by atoms with Crippen LogP contribution in [0.25, 0.3) is 0 Å². The molecule has 2 unspecified atom stereocenters. The fourth-order valence-corrected chi connectivity index (χ4v) is 2.34. The van der Waals surface area contributed by atoms with Crippen molar-refractivity contribution in [3.05, 3.63) is 11.1 Å². The van der Waals surface area contributed by atoms with Crippen molar-refractivity contribution in [1.82, 2.24) is 4.90 Å².